The van der Waals surface area contributed by atoms with Crippen LogP contribution in [0.3, 0.4) is 0 Å². The summed E-state index contributed by atoms with van der Waals surface area (Å²) in [5, 5.41) is 0.140. The topological polar surface area (TPSA) is 76.3 Å². The van der Waals surface area contributed by atoms with Crippen LogP contribution in [0.4, 0.5) is 11.4 Å². The minimum atomic E-state index is -3.84. The Morgan fingerprint density at radius 3 is 2.38 bits per heavy atom. The number of benzene rings is 1. The number of aromatic nitrogens is 1. The Hall–Kier alpha value is -1.50. The molecule has 0 fully saturated rings. The number of anilines is 2. The van der Waals surface area contributed by atoms with Gasteiger partial charge in [0.2, 0.25) is 0 Å². The molecule has 1 aromatic heterocycles. The smallest absolute Gasteiger partial charge is 0.265 e. The molecule has 112 valence electrons. The molecule has 0 aliphatic rings. The molecule has 2 rings (SSSR count). The number of halogens is 2. The Morgan fingerprint density at radius 1 is 1.19 bits per heavy atom. The van der Waals surface area contributed by atoms with Gasteiger partial charge in [-0.05, 0) is 31.2 Å². The van der Waals surface area contributed by atoms with Gasteiger partial charge in [-0.15, -0.1) is 0 Å². The zero-order valence-corrected chi connectivity index (χ0v) is 13.5. The van der Waals surface area contributed by atoms with Crippen molar-refractivity contribution in [3.05, 3.63) is 46.7 Å². The van der Waals surface area contributed by atoms with Crippen molar-refractivity contribution in [3.8, 4) is 0 Å². The Kier molecular flexibility index (Phi) is 4.61. The molecule has 1 aromatic carbocycles. The largest absolute Gasteiger partial charge is 0.396 e. The number of hydrogen-bond acceptors (Lipinski definition) is 4. The summed E-state index contributed by atoms with van der Waals surface area (Å²) in [4.78, 5) is 3.80. The highest BCUT2D eigenvalue weighted by Gasteiger charge is 2.27. The summed E-state index contributed by atoms with van der Waals surface area (Å²) in [6.07, 6.45) is 3.04. The van der Waals surface area contributed by atoms with Crippen molar-refractivity contribution in [3.63, 3.8) is 0 Å². The number of rotatable bonds is 4. The summed E-state index contributed by atoms with van der Waals surface area (Å²) < 4.78 is 26.8. The second kappa shape index (κ2) is 6.09. The molecule has 1 heterocycles. The molecule has 0 bridgehead atoms. The lowest BCUT2D eigenvalue weighted by Crippen LogP contribution is -2.31. The van der Waals surface area contributed by atoms with E-state index in [1.807, 2.05) is 0 Å². The Bertz CT molecular complexity index is 752. The number of hydrogen-bond donors (Lipinski definition) is 1. The maximum atomic E-state index is 12.8. The molecule has 0 atom stereocenters. The molecule has 0 saturated heterocycles. The minimum absolute atomic E-state index is 0.0465. The quantitative estimate of drug-likeness (QED) is 0.863. The summed E-state index contributed by atoms with van der Waals surface area (Å²) in [5.41, 5.74) is 6.25. The van der Waals surface area contributed by atoms with E-state index in [9.17, 15) is 8.42 Å². The van der Waals surface area contributed by atoms with Crippen molar-refractivity contribution in [2.45, 2.75) is 11.8 Å². The average Bonchev–Trinajstić information content (AvgIpc) is 2.46. The first-order chi connectivity index (χ1) is 9.89. The van der Waals surface area contributed by atoms with E-state index in [2.05, 4.69) is 4.98 Å². The second-order valence-corrected chi connectivity index (χ2v) is 6.76. The van der Waals surface area contributed by atoms with Gasteiger partial charge < -0.3 is 5.73 Å². The third-order valence-corrected chi connectivity index (χ3v) is 5.69. The summed E-state index contributed by atoms with van der Waals surface area (Å²) in [7, 11) is -3.84. The molecule has 8 heteroatoms. The summed E-state index contributed by atoms with van der Waals surface area (Å²) >= 11 is 11.9. The SMILES string of the molecule is CCN(c1ccncc1)S(=O)(=O)c1ccc(Cl)c(N)c1Cl. The van der Waals surface area contributed by atoms with Gasteiger partial charge in [-0.2, -0.15) is 0 Å². The first kappa shape index (κ1) is 15.9. The van der Waals surface area contributed by atoms with Crippen molar-refractivity contribution in [2.24, 2.45) is 0 Å². The molecule has 0 saturated carbocycles. The van der Waals surface area contributed by atoms with Gasteiger partial charge in [0.15, 0.2) is 0 Å². The standard InChI is InChI=1S/C13H13Cl2N3O2S/c1-2-18(9-5-7-17-8-6-9)21(19,20)11-4-3-10(14)13(16)12(11)15/h3-8H,2,16H2,1H3. The summed E-state index contributed by atoms with van der Waals surface area (Å²) in [5.74, 6) is 0. The molecule has 2 N–H and O–H groups in total. The monoisotopic (exact) mass is 345 g/mol. The van der Waals surface area contributed by atoms with E-state index in [0.29, 0.717) is 5.69 Å². The summed E-state index contributed by atoms with van der Waals surface area (Å²) in [6.45, 7) is 1.97. The second-order valence-electron chi connectivity index (χ2n) is 4.15. The van der Waals surface area contributed by atoms with Crippen LogP contribution >= 0.6 is 23.2 Å². The molecule has 0 aliphatic heterocycles. The van der Waals surface area contributed by atoms with Gasteiger partial charge in [-0.25, -0.2) is 8.42 Å². The van der Waals surface area contributed by atoms with Crippen molar-refractivity contribution in [1.29, 1.82) is 0 Å². The van der Waals surface area contributed by atoms with Crippen LogP contribution in [-0.2, 0) is 10.0 Å². The first-order valence-electron chi connectivity index (χ1n) is 6.05. The molecule has 0 radical (unpaired) electrons. The van der Waals surface area contributed by atoms with Gasteiger partial charge in [-0.1, -0.05) is 23.2 Å². The average molecular weight is 346 g/mol. The van der Waals surface area contributed by atoms with Crippen LogP contribution in [0, 0.1) is 0 Å². The molecule has 0 amide bonds. The Morgan fingerprint density at radius 2 is 1.81 bits per heavy atom. The van der Waals surface area contributed by atoms with Crippen LogP contribution in [0.5, 0.6) is 0 Å². The number of nitrogens with two attached hydrogens (primary N) is 1. The van der Waals surface area contributed by atoms with Crippen LogP contribution in [-0.4, -0.2) is 19.9 Å². The van der Waals surface area contributed by atoms with Crippen LogP contribution < -0.4 is 10.0 Å². The third-order valence-electron chi connectivity index (χ3n) is 2.90. The van der Waals surface area contributed by atoms with Crippen molar-refractivity contribution >= 4 is 44.6 Å². The predicted octanol–water partition coefficient (Wildman–Crippen LogP) is 3.19. The van der Waals surface area contributed by atoms with Gasteiger partial charge in [0.1, 0.15) is 4.90 Å². The Labute approximate surface area is 133 Å². The fraction of sp³-hybridized carbons (Fsp3) is 0.154. The Balaban J connectivity index is 2.58. The van der Waals surface area contributed by atoms with Gasteiger partial charge in [-0.3, -0.25) is 9.29 Å². The highest BCUT2D eigenvalue weighted by atomic mass is 35.5. The van der Waals surface area contributed by atoms with Crippen molar-refractivity contribution in [2.75, 3.05) is 16.6 Å². The highest BCUT2D eigenvalue weighted by molar-refractivity contribution is 7.93. The molecule has 21 heavy (non-hydrogen) atoms. The summed E-state index contributed by atoms with van der Waals surface area (Å²) in [6, 6.07) is 5.97. The van der Waals surface area contributed by atoms with Crippen molar-refractivity contribution < 1.29 is 8.42 Å². The zero-order valence-electron chi connectivity index (χ0n) is 11.1. The fourth-order valence-electron chi connectivity index (χ4n) is 1.87. The predicted molar refractivity (Wildman–Crippen MR) is 85.3 cm³/mol. The first-order valence-corrected chi connectivity index (χ1v) is 8.25. The van der Waals surface area contributed by atoms with E-state index in [1.54, 1.807) is 19.1 Å². The van der Waals surface area contributed by atoms with E-state index in [4.69, 9.17) is 28.9 Å². The zero-order chi connectivity index (χ0) is 15.6. The van der Waals surface area contributed by atoms with Gasteiger partial charge in [0.05, 0.1) is 21.4 Å². The van der Waals surface area contributed by atoms with E-state index in [1.165, 1.54) is 28.8 Å². The van der Waals surface area contributed by atoms with Crippen LogP contribution in [0.15, 0.2) is 41.6 Å². The minimum Gasteiger partial charge on any atom is -0.396 e. The molecule has 2 aromatic rings. The molecule has 0 unspecified atom stereocenters. The molecular weight excluding hydrogens is 333 g/mol. The molecule has 0 spiro atoms. The van der Waals surface area contributed by atoms with E-state index < -0.39 is 10.0 Å². The van der Waals surface area contributed by atoms with Crippen LogP contribution in [0.1, 0.15) is 6.92 Å². The van der Waals surface area contributed by atoms with E-state index in [0.717, 1.165) is 0 Å². The number of nitrogens with zero attached hydrogens (tertiary/aromatic N) is 2. The lowest BCUT2D eigenvalue weighted by Gasteiger charge is -2.23. The van der Waals surface area contributed by atoms with Gasteiger partial charge in [0, 0.05) is 18.9 Å². The molecule has 5 nitrogen and oxygen atoms in total. The lowest BCUT2D eigenvalue weighted by molar-refractivity contribution is 0.592. The van der Waals surface area contributed by atoms with Gasteiger partial charge in [0.25, 0.3) is 10.0 Å². The molecular formula is C13H13Cl2N3O2S. The van der Waals surface area contributed by atoms with E-state index >= 15 is 0 Å². The van der Waals surface area contributed by atoms with Gasteiger partial charge >= 0.3 is 0 Å². The molecule has 0 aliphatic carbocycles. The maximum Gasteiger partial charge on any atom is 0.265 e. The van der Waals surface area contributed by atoms with Crippen molar-refractivity contribution in [1.82, 2.24) is 4.98 Å². The van der Waals surface area contributed by atoms with E-state index in [-0.39, 0.29) is 27.2 Å². The van der Waals surface area contributed by atoms with Crippen LogP contribution in [0.2, 0.25) is 10.0 Å². The number of sulfonamides is 1. The fourth-order valence-corrected chi connectivity index (χ4v) is 4.09. The van der Waals surface area contributed by atoms with Crippen LogP contribution in [0.25, 0.3) is 0 Å². The number of nitrogen functional groups attached to an aromatic ring is 1. The maximum absolute atomic E-state index is 12.8. The highest BCUT2D eigenvalue weighted by Crippen LogP contribution is 2.35. The third kappa shape index (κ3) is 2.92. The number of pyridine rings is 1. The lowest BCUT2D eigenvalue weighted by atomic mass is 10.3. The normalized spacial score (nSPS) is 11.4.